The first-order valence-electron chi connectivity index (χ1n) is 4.85. The van der Waals surface area contributed by atoms with E-state index >= 15 is 0 Å². The van der Waals surface area contributed by atoms with Crippen molar-refractivity contribution in [2.45, 2.75) is 23.4 Å². The van der Waals surface area contributed by atoms with E-state index in [9.17, 15) is 0 Å². The van der Waals surface area contributed by atoms with Crippen molar-refractivity contribution in [3.63, 3.8) is 0 Å². The molecule has 16 heavy (non-hydrogen) atoms. The van der Waals surface area contributed by atoms with E-state index in [1.54, 1.807) is 24.7 Å². The summed E-state index contributed by atoms with van der Waals surface area (Å²) in [4.78, 5) is 16.6. The molecule has 0 spiro atoms. The van der Waals surface area contributed by atoms with Gasteiger partial charge in [-0.15, -0.1) is 0 Å². The first kappa shape index (κ1) is 10.8. The number of nitrogen functional groups attached to an aromatic ring is 1. The average Bonchev–Trinajstić information content (AvgIpc) is 2.29. The normalized spacial score (nSPS) is 10.3. The second-order valence-electron chi connectivity index (χ2n) is 3.05. The van der Waals surface area contributed by atoms with E-state index in [1.165, 1.54) is 11.8 Å². The van der Waals surface area contributed by atoms with Crippen molar-refractivity contribution in [1.29, 1.82) is 0 Å². The molecule has 0 radical (unpaired) electrons. The second kappa shape index (κ2) is 4.89. The number of aromatic nitrogens is 4. The van der Waals surface area contributed by atoms with Gasteiger partial charge in [0.25, 0.3) is 0 Å². The molecule has 2 aromatic heterocycles. The minimum atomic E-state index is 0.484. The maximum atomic E-state index is 5.69. The molecule has 5 nitrogen and oxygen atoms in total. The molecule has 0 saturated heterocycles. The Morgan fingerprint density at radius 3 is 2.81 bits per heavy atom. The monoisotopic (exact) mass is 233 g/mol. The third kappa shape index (κ3) is 2.66. The first-order valence-corrected chi connectivity index (χ1v) is 5.67. The van der Waals surface area contributed by atoms with Crippen molar-refractivity contribution < 1.29 is 0 Å². The van der Waals surface area contributed by atoms with Crippen LogP contribution >= 0.6 is 11.8 Å². The van der Waals surface area contributed by atoms with E-state index in [0.717, 1.165) is 22.3 Å². The van der Waals surface area contributed by atoms with Crippen LogP contribution in [0.3, 0.4) is 0 Å². The highest BCUT2D eigenvalue weighted by Crippen LogP contribution is 2.24. The molecular formula is C10H11N5S. The Kier molecular flexibility index (Phi) is 3.31. The molecule has 0 bridgehead atoms. The van der Waals surface area contributed by atoms with Gasteiger partial charge in [-0.25, -0.2) is 15.0 Å². The van der Waals surface area contributed by atoms with Crippen molar-refractivity contribution in [2.75, 3.05) is 5.73 Å². The topological polar surface area (TPSA) is 77.6 Å². The van der Waals surface area contributed by atoms with Crippen LogP contribution in [0.15, 0.2) is 34.7 Å². The summed E-state index contributed by atoms with van der Waals surface area (Å²) in [5.41, 5.74) is 5.69. The summed E-state index contributed by atoms with van der Waals surface area (Å²) in [5, 5.41) is 1.59. The average molecular weight is 233 g/mol. The highest BCUT2D eigenvalue weighted by Gasteiger charge is 2.04. The third-order valence-electron chi connectivity index (χ3n) is 1.83. The summed E-state index contributed by atoms with van der Waals surface area (Å²) in [5.74, 6) is 1.23. The summed E-state index contributed by atoms with van der Waals surface area (Å²) >= 11 is 1.43. The predicted octanol–water partition coefficient (Wildman–Crippen LogP) is 1.56. The van der Waals surface area contributed by atoms with Crippen LogP contribution in [0, 0.1) is 0 Å². The molecule has 2 aromatic rings. The highest BCUT2D eigenvalue weighted by atomic mass is 32.2. The SMILES string of the molecule is CCc1nc(N)cc(Sc2cnccn2)n1. The largest absolute Gasteiger partial charge is 0.384 e. The van der Waals surface area contributed by atoms with Gasteiger partial charge in [-0.3, -0.25) is 4.98 Å². The standard InChI is InChI=1S/C10H11N5S/c1-2-8-14-7(11)5-9(15-8)16-10-6-12-3-4-13-10/h3-6H,2H2,1H3,(H2,11,14,15). The van der Waals surface area contributed by atoms with Crippen molar-refractivity contribution in [2.24, 2.45) is 0 Å². The number of anilines is 1. The summed E-state index contributed by atoms with van der Waals surface area (Å²) in [6, 6.07) is 1.73. The lowest BCUT2D eigenvalue weighted by molar-refractivity contribution is 0.892. The lowest BCUT2D eigenvalue weighted by Crippen LogP contribution is -1.99. The van der Waals surface area contributed by atoms with Gasteiger partial charge < -0.3 is 5.73 Å². The zero-order chi connectivity index (χ0) is 11.4. The molecular weight excluding hydrogens is 222 g/mol. The van der Waals surface area contributed by atoms with E-state index in [-0.39, 0.29) is 0 Å². The molecule has 2 N–H and O–H groups in total. The van der Waals surface area contributed by atoms with Gasteiger partial charge in [0.05, 0.1) is 6.20 Å². The molecule has 0 aliphatic heterocycles. The molecule has 0 aliphatic rings. The number of hydrogen-bond donors (Lipinski definition) is 1. The van der Waals surface area contributed by atoms with Gasteiger partial charge in [-0.1, -0.05) is 6.92 Å². The molecule has 2 heterocycles. The smallest absolute Gasteiger partial charge is 0.131 e. The lowest BCUT2D eigenvalue weighted by Gasteiger charge is -2.02. The second-order valence-corrected chi connectivity index (χ2v) is 4.09. The zero-order valence-corrected chi connectivity index (χ0v) is 9.61. The number of rotatable bonds is 3. The Morgan fingerprint density at radius 2 is 2.12 bits per heavy atom. The number of hydrogen-bond acceptors (Lipinski definition) is 6. The summed E-state index contributed by atoms with van der Waals surface area (Å²) < 4.78 is 0. The maximum Gasteiger partial charge on any atom is 0.131 e. The molecule has 82 valence electrons. The quantitative estimate of drug-likeness (QED) is 0.811. The number of nitrogens with two attached hydrogens (primary N) is 1. The number of nitrogens with zero attached hydrogens (tertiary/aromatic N) is 4. The lowest BCUT2D eigenvalue weighted by atomic mass is 10.4. The van der Waals surface area contributed by atoms with Gasteiger partial charge in [0.15, 0.2) is 0 Å². The molecule has 0 saturated carbocycles. The van der Waals surface area contributed by atoms with Crippen LogP contribution in [-0.2, 0) is 6.42 Å². The van der Waals surface area contributed by atoms with Crippen molar-refractivity contribution in [3.8, 4) is 0 Å². The van der Waals surface area contributed by atoms with E-state index < -0.39 is 0 Å². The summed E-state index contributed by atoms with van der Waals surface area (Å²) in [6.07, 6.45) is 5.73. The molecule has 0 atom stereocenters. The highest BCUT2D eigenvalue weighted by molar-refractivity contribution is 7.99. The van der Waals surface area contributed by atoms with Gasteiger partial charge in [0, 0.05) is 24.9 Å². The Bertz CT molecular complexity index is 474. The van der Waals surface area contributed by atoms with Gasteiger partial charge in [0.1, 0.15) is 21.7 Å². The predicted molar refractivity (Wildman–Crippen MR) is 62.0 cm³/mol. The van der Waals surface area contributed by atoms with Gasteiger partial charge in [0.2, 0.25) is 0 Å². The number of aryl methyl sites for hydroxylation is 1. The Labute approximate surface area is 97.6 Å². The molecule has 6 heteroatoms. The van der Waals surface area contributed by atoms with Crippen LogP contribution in [0.4, 0.5) is 5.82 Å². The zero-order valence-electron chi connectivity index (χ0n) is 8.79. The first-order chi connectivity index (χ1) is 7.78. The minimum absolute atomic E-state index is 0.484. The maximum absolute atomic E-state index is 5.69. The van der Waals surface area contributed by atoms with Crippen molar-refractivity contribution in [3.05, 3.63) is 30.5 Å². The summed E-state index contributed by atoms with van der Waals surface area (Å²) in [6.45, 7) is 1.99. The van der Waals surface area contributed by atoms with Gasteiger partial charge in [-0.05, 0) is 11.8 Å². The van der Waals surface area contributed by atoms with Crippen LogP contribution in [0.1, 0.15) is 12.7 Å². The van der Waals surface area contributed by atoms with Crippen molar-refractivity contribution in [1.82, 2.24) is 19.9 Å². The van der Waals surface area contributed by atoms with Gasteiger partial charge >= 0.3 is 0 Å². The van der Waals surface area contributed by atoms with Gasteiger partial charge in [-0.2, -0.15) is 0 Å². The molecule has 0 amide bonds. The Morgan fingerprint density at radius 1 is 1.25 bits per heavy atom. The molecule has 2 rings (SSSR count). The van der Waals surface area contributed by atoms with Crippen LogP contribution in [-0.4, -0.2) is 19.9 Å². The minimum Gasteiger partial charge on any atom is -0.384 e. The molecule has 0 aliphatic carbocycles. The van der Waals surface area contributed by atoms with E-state index in [2.05, 4.69) is 19.9 Å². The van der Waals surface area contributed by atoms with Crippen LogP contribution in [0.5, 0.6) is 0 Å². The summed E-state index contributed by atoms with van der Waals surface area (Å²) in [7, 11) is 0. The fourth-order valence-corrected chi connectivity index (χ4v) is 1.92. The Hall–Kier alpha value is -1.69. The Balaban J connectivity index is 2.24. The van der Waals surface area contributed by atoms with E-state index in [1.807, 2.05) is 6.92 Å². The molecule has 0 aromatic carbocycles. The fourth-order valence-electron chi connectivity index (χ4n) is 1.15. The molecule has 0 fully saturated rings. The third-order valence-corrected chi connectivity index (χ3v) is 2.67. The van der Waals surface area contributed by atoms with Crippen LogP contribution < -0.4 is 5.73 Å². The van der Waals surface area contributed by atoms with E-state index in [0.29, 0.717) is 5.82 Å². The van der Waals surface area contributed by atoms with Crippen LogP contribution in [0.25, 0.3) is 0 Å². The molecule has 0 unspecified atom stereocenters. The van der Waals surface area contributed by atoms with E-state index in [4.69, 9.17) is 5.73 Å². The fraction of sp³-hybridized carbons (Fsp3) is 0.200. The van der Waals surface area contributed by atoms with Crippen molar-refractivity contribution >= 4 is 17.6 Å². The van der Waals surface area contributed by atoms with Crippen LogP contribution in [0.2, 0.25) is 0 Å².